The Kier molecular flexibility index (Phi) is 10.7. The van der Waals surface area contributed by atoms with Crippen molar-refractivity contribution in [3.63, 3.8) is 0 Å². The van der Waals surface area contributed by atoms with Gasteiger partial charge in [-0.2, -0.15) is 0 Å². The zero-order valence-electron chi connectivity index (χ0n) is 19.4. The molecule has 2 rings (SSSR count). The smallest absolute Gasteiger partial charge is 0.306 e. The van der Waals surface area contributed by atoms with E-state index >= 15 is 0 Å². The van der Waals surface area contributed by atoms with Gasteiger partial charge in [0.15, 0.2) is 11.7 Å². The van der Waals surface area contributed by atoms with Crippen molar-refractivity contribution in [1.82, 2.24) is 0 Å². The van der Waals surface area contributed by atoms with Crippen LogP contribution < -0.4 is 0 Å². The summed E-state index contributed by atoms with van der Waals surface area (Å²) in [4.78, 5) is 25.2. The van der Waals surface area contributed by atoms with E-state index in [-0.39, 0.29) is 11.8 Å². The third kappa shape index (κ3) is 7.77. The highest BCUT2D eigenvalue weighted by Gasteiger charge is 2.41. The summed E-state index contributed by atoms with van der Waals surface area (Å²) in [6.45, 7) is 6.29. The number of Topliss-reactive ketones (excluding diaryl/α,β-unsaturated/α-hetero) is 1. The summed E-state index contributed by atoms with van der Waals surface area (Å²) in [6, 6.07) is 10.1. The second-order valence-corrected chi connectivity index (χ2v) is 8.32. The van der Waals surface area contributed by atoms with Gasteiger partial charge in [0.05, 0.1) is 0 Å². The van der Waals surface area contributed by atoms with Gasteiger partial charge in [0.1, 0.15) is 0 Å². The molecule has 0 saturated carbocycles. The molecule has 0 amide bonds. The van der Waals surface area contributed by atoms with E-state index in [2.05, 4.69) is 25.1 Å². The Labute approximate surface area is 187 Å². The number of hydrogen-bond donors (Lipinski definition) is 0. The first-order valence-electron chi connectivity index (χ1n) is 11.8. The molecule has 0 N–H and O–H groups in total. The van der Waals surface area contributed by atoms with Crippen LogP contribution in [-0.2, 0) is 19.1 Å². The second-order valence-electron chi connectivity index (χ2n) is 8.32. The van der Waals surface area contributed by atoms with Crippen LogP contribution >= 0.6 is 0 Å². The third-order valence-electron chi connectivity index (χ3n) is 5.67. The standard InChI is InChI=1S/C27H38O4/c1-4-6-7-8-9-13-21-30-27(26(29)22(3)31-25(28)14-5-2)19-17-24(18-20-27)23-15-11-10-12-16-23/h10-12,15-19,22H,4-9,13-14,20-21H2,1-3H3. The number of carbonyl (C=O) groups is 2. The number of hydrogen-bond acceptors (Lipinski definition) is 4. The molecule has 2 unspecified atom stereocenters. The molecule has 0 saturated heterocycles. The van der Waals surface area contributed by atoms with Crippen LogP contribution in [0.1, 0.15) is 84.1 Å². The van der Waals surface area contributed by atoms with Gasteiger partial charge in [0.25, 0.3) is 0 Å². The maximum atomic E-state index is 13.3. The summed E-state index contributed by atoms with van der Waals surface area (Å²) in [5.41, 5.74) is 1.11. The molecule has 0 heterocycles. The molecule has 1 aromatic rings. The second kappa shape index (κ2) is 13.3. The molecule has 0 radical (unpaired) electrons. The summed E-state index contributed by atoms with van der Waals surface area (Å²) in [5, 5.41) is 0. The minimum absolute atomic E-state index is 0.192. The van der Waals surface area contributed by atoms with Crippen LogP contribution in [0.4, 0.5) is 0 Å². The lowest BCUT2D eigenvalue weighted by Crippen LogP contribution is -2.47. The number of ether oxygens (including phenoxy) is 2. The molecular weight excluding hydrogens is 388 g/mol. The number of esters is 1. The van der Waals surface area contributed by atoms with Gasteiger partial charge in [-0.15, -0.1) is 0 Å². The van der Waals surface area contributed by atoms with Gasteiger partial charge in [-0.25, -0.2) is 0 Å². The van der Waals surface area contributed by atoms with Gasteiger partial charge in [0, 0.05) is 19.4 Å². The van der Waals surface area contributed by atoms with Crippen LogP contribution in [0.2, 0.25) is 0 Å². The Balaban J connectivity index is 2.05. The SMILES string of the molecule is CCCCCCCCOC1(C(=O)C(C)OC(=O)CCC)C=CC(c2ccccc2)=CC1. The van der Waals surface area contributed by atoms with E-state index in [4.69, 9.17) is 9.47 Å². The van der Waals surface area contributed by atoms with Crippen molar-refractivity contribution in [3.05, 3.63) is 54.1 Å². The number of benzene rings is 1. The highest BCUT2D eigenvalue weighted by molar-refractivity contribution is 5.96. The normalized spacial score (nSPS) is 19.0. The summed E-state index contributed by atoms with van der Waals surface area (Å²) in [5.74, 6) is -0.530. The first-order valence-corrected chi connectivity index (χ1v) is 11.8. The van der Waals surface area contributed by atoms with Crippen molar-refractivity contribution in [1.29, 1.82) is 0 Å². The monoisotopic (exact) mass is 426 g/mol. The zero-order valence-corrected chi connectivity index (χ0v) is 19.4. The van der Waals surface area contributed by atoms with Gasteiger partial charge in [0.2, 0.25) is 5.78 Å². The van der Waals surface area contributed by atoms with Crippen molar-refractivity contribution in [3.8, 4) is 0 Å². The number of carbonyl (C=O) groups excluding carboxylic acids is 2. The Bertz CT molecular complexity index is 750. The van der Waals surface area contributed by atoms with E-state index in [1.165, 1.54) is 25.7 Å². The molecule has 0 aliphatic heterocycles. The van der Waals surface area contributed by atoms with Gasteiger partial charge in [-0.1, -0.05) is 88.4 Å². The Morgan fingerprint density at radius 2 is 1.71 bits per heavy atom. The minimum Gasteiger partial charge on any atom is -0.455 e. The molecule has 4 nitrogen and oxygen atoms in total. The van der Waals surface area contributed by atoms with E-state index in [1.54, 1.807) is 6.92 Å². The third-order valence-corrected chi connectivity index (χ3v) is 5.67. The van der Waals surface area contributed by atoms with Crippen LogP contribution in [0.25, 0.3) is 5.57 Å². The van der Waals surface area contributed by atoms with Gasteiger partial charge >= 0.3 is 5.97 Å². The van der Waals surface area contributed by atoms with E-state index in [0.717, 1.165) is 24.0 Å². The Hall–Kier alpha value is -2.20. The zero-order chi connectivity index (χ0) is 22.5. The van der Waals surface area contributed by atoms with Gasteiger partial charge in [-0.3, -0.25) is 9.59 Å². The number of allylic oxidation sites excluding steroid dienone is 2. The number of ketones is 1. The fourth-order valence-electron chi connectivity index (χ4n) is 3.82. The average Bonchev–Trinajstić information content (AvgIpc) is 2.79. The van der Waals surface area contributed by atoms with Crippen molar-refractivity contribution in [2.45, 2.75) is 90.3 Å². The lowest BCUT2D eigenvalue weighted by molar-refractivity contribution is -0.162. The van der Waals surface area contributed by atoms with Crippen LogP contribution in [0.5, 0.6) is 0 Å². The number of unbranched alkanes of at least 4 members (excludes halogenated alkanes) is 5. The first kappa shape index (κ1) is 25.1. The fourth-order valence-corrected chi connectivity index (χ4v) is 3.82. The topological polar surface area (TPSA) is 52.6 Å². The highest BCUT2D eigenvalue weighted by Crippen LogP contribution is 2.32. The fraction of sp³-hybridized carbons (Fsp3) is 0.556. The molecule has 0 spiro atoms. The number of rotatable bonds is 14. The molecule has 1 aliphatic carbocycles. The minimum atomic E-state index is -1.08. The van der Waals surface area contributed by atoms with Gasteiger partial charge in [-0.05, 0) is 37.0 Å². The maximum absolute atomic E-state index is 13.3. The van der Waals surface area contributed by atoms with Crippen LogP contribution in [0.3, 0.4) is 0 Å². The van der Waals surface area contributed by atoms with E-state index in [0.29, 0.717) is 25.9 Å². The molecule has 0 bridgehead atoms. The maximum Gasteiger partial charge on any atom is 0.306 e. The van der Waals surface area contributed by atoms with E-state index < -0.39 is 11.7 Å². The Morgan fingerprint density at radius 3 is 2.35 bits per heavy atom. The summed E-state index contributed by atoms with van der Waals surface area (Å²) in [7, 11) is 0. The molecule has 2 atom stereocenters. The van der Waals surface area contributed by atoms with Crippen LogP contribution in [-0.4, -0.2) is 30.1 Å². The molecule has 1 aliphatic rings. The predicted octanol–water partition coefficient (Wildman–Crippen LogP) is 6.45. The van der Waals surface area contributed by atoms with Crippen molar-refractivity contribution < 1.29 is 19.1 Å². The lowest BCUT2D eigenvalue weighted by atomic mass is 9.84. The summed E-state index contributed by atoms with van der Waals surface area (Å²) < 4.78 is 11.6. The molecule has 1 aromatic carbocycles. The van der Waals surface area contributed by atoms with Crippen molar-refractivity contribution in [2.75, 3.05) is 6.61 Å². The molecular formula is C27H38O4. The average molecular weight is 427 g/mol. The van der Waals surface area contributed by atoms with Crippen molar-refractivity contribution >= 4 is 17.3 Å². The molecule has 0 aromatic heterocycles. The summed E-state index contributed by atoms with van der Waals surface area (Å²) in [6.07, 6.45) is 13.4. The first-order chi connectivity index (χ1) is 15.0. The van der Waals surface area contributed by atoms with Crippen molar-refractivity contribution in [2.24, 2.45) is 0 Å². The molecule has 4 heteroatoms. The summed E-state index contributed by atoms with van der Waals surface area (Å²) >= 11 is 0. The van der Waals surface area contributed by atoms with Crippen LogP contribution in [0, 0.1) is 0 Å². The molecule has 31 heavy (non-hydrogen) atoms. The van der Waals surface area contributed by atoms with Crippen LogP contribution in [0.15, 0.2) is 48.6 Å². The molecule has 170 valence electrons. The lowest BCUT2D eigenvalue weighted by Gasteiger charge is -2.33. The van der Waals surface area contributed by atoms with E-state index in [1.807, 2.05) is 37.3 Å². The predicted molar refractivity (Wildman–Crippen MR) is 126 cm³/mol. The highest BCUT2D eigenvalue weighted by atomic mass is 16.6. The quantitative estimate of drug-likeness (QED) is 0.253. The molecule has 0 fully saturated rings. The largest absolute Gasteiger partial charge is 0.455 e. The van der Waals surface area contributed by atoms with Gasteiger partial charge < -0.3 is 9.47 Å². The Morgan fingerprint density at radius 1 is 1.00 bits per heavy atom. The van der Waals surface area contributed by atoms with E-state index in [9.17, 15) is 9.59 Å².